The molecule has 0 N–H and O–H groups in total. The topological polar surface area (TPSA) is 45.7 Å². The molecule has 2 saturated heterocycles. The molecule has 0 aliphatic carbocycles. The van der Waals surface area contributed by atoms with E-state index in [1.165, 1.54) is 0 Å². The van der Waals surface area contributed by atoms with Crippen molar-refractivity contribution >= 4 is 40.7 Å². The highest BCUT2D eigenvalue weighted by atomic mass is 35.5. The molecule has 190 valence electrons. The number of piperidine rings is 1. The second-order valence-corrected chi connectivity index (χ2v) is 11.5. The molecule has 2 fully saturated rings. The van der Waals surface area contributed by atoms with Crippen LogP contribution in [0.25, 0.3) is 0 Å². The monoisotopic (exact) mass is 537 g/mol. The molecule has 5 nitrogen and oxygen atoms in total. The Morgan fingerprint density at radius 1 is 1.06 bits per heavy atom. The molecule has 1 amide bonds. The van der Waals surface area contributed by atoms with Crippen LogP contribution in [0.2, 0.25) is 15.1 Å². The van der Waals surface area contributed by atoms with Gasteiger partial charge in [-0.2, -0.15) is 0 Å². The summed E-state index contributed by atoms with van der Waals surface area (Å²) in [4.78, 5) is 22.4. The van der Waals surface area contributed by atoms with E-state index in [-0.39, 0.29) is 29.8 Å². The zero-order chi connectivity index (χ0) is 25.1. The van der Waals surface area contributed by atoms with Crippen LogP contribution in [0.1, 0.15) is 45.1 Å². The normalized spacial score (nSPS) is 22.5. The average molecular weight is 539 g/mol. The van der Waals surface area contributed by atoms with E-state index in [1.807, 2.05) is 30.0 Å². The molecule has 8 heteroatoms. The summed E-state index contributed by atoms with van der Waals surface area (Å²) in [5.74, 6) is 1.70. The van der Waals surface area contributed by atoms with E-state index in [4.69, 9.17) is 39.5 Å². The first kappa shape index (κ1) is 26.5. The molecule has 3 unspecified atom stereocenters. The second kappa shape index (κ2) is 11.7. The molecule has 0 bridgehead atoms. The Balaban J connectivity index is 1.49. The van der Waals surface area contributed by atoms with E-state index in [9.17, 15) is 4.79 Å². The number of amides is 1. The molecular weight excluding hydrogens is 505 g/mol. The summed E-state index contributed by atoms with van der Waals surface area (Å²) in [6, 6.07) is 9.31. The summed E-state index contributed by atoms with van der Waals surface area (Å²) in [5, 5.41) is 1.62. The highest BCUT2D eigenvalue weighted by Crippen LogP contribution is 2.39. The Labute approximate surface area is 223 Å². The van der Waals surface area contributed by atoms with Crippen LogP contribution in [-0.4, -0.2) is 59.5 Å². The van der Waals surface area contributed by atoms with Gasteiger partial charge in [-0.05, 0) is 62.5 Å². The van der Waals surface area contributed by atoms with Crippen molar-refractivity contribution in [3.05, 3.63) is 57.2 Å². The molecule has 1 aromatic carbocycles. The summed E-state index contributed by atoms with van der Waals surface area (Å²) in [6.07, 6.45) is 3.26. The minimum absolute atomic E-state index is 0.0841. The van der Waals surface area contributed by atoms with Crippen molar-refractivity contribution in [2.45, 2.75) is 45.6 Å². The van der Waals surface area contributed by atoms with Gasteiger partial charge in [-0.25, -0.2) is 4.98 Å². The van der Waals surface area contributed by atoms with Gasteiger partial charge in [-0.3, -0.25) is 4.79 Å². The van der Waals surface area contributed by atoms with Crippen LogP contribution in [0.3, 0.4) is 0 Å². The fourth-order valence-electron chi connectivity index (χ4n) is 5.43. The number of hydrogen-bond donors (Lipinski definition) is 0. The zero-order valence-electron chi connectivity index (χ0n) is 20.6. The van der Waals surface area contributed by atoms with E-state index in [2.05, 4.69) is 23.7 Å². The van der Waals surface area contributed by atoms with Gasteiger partial charge in [-0.1, -0.05) is 54.7 Å². The molecule has 3 atom stereocenters. The maximum atomic E-state index is 13.6. The highest BCUT2D eigenvalue weighted by molar-refractivity contribution is 6.42. The Hall–Kier alpha value is -1.53. The predicted molar refractivity (Wildman–Crippen MR) is 143 cm³/mol. The van der Waals surface area contributed by atoms with Crippen molar-refractivity contribution in [2.24, 2.45) is 17.8 Å². The first-order valence-electron chi connectivity index (χ1n) is 12.5. The third-order valence-corrected chi connectivity index (χ3v) is 8.18. The van der Waals surface area contributed by atoms with E-state index < -0.39 is 0 Å². The van der Waals surface area contributed by atoms with Crippen LogP contribution in [-0.2, 0) is 4.79 Å². The molecule has 3 heterocycles. The van der Waals surface area contributed by atoms with Gasteiger partial charge in [0.2, 0.25) is 11.8 Å². The summed E-state index contributed by atoms with van der Waals surface area (Å²) in [6.45, 7) is 10.9. The van der Waals surface area contributed by atoms with Gasteiger partial charge >= 0.3 is 0 Å². The number of halogens is 3. The second-order valence-electron chi connectivity index (χ2n) is 10.3. The lowest BCUT2D eigenvalue weighted by Gasteiger charge is -2.34. The lowest BCUT2D eigenvalue weighted by atomic mass is 9.86. The fourth-order valence-corrected chi connectivity index (χ4v) is 5.85. The number of pyridine rings is 1. The molecular formula is C27H34Cl3N3O2. The van der Waals surface area contributed by atoms with E-state index in [0.717, 1.165) is 38.0 Å². The first-order chi connectivity index (χ1) is 16.7. The first-order valence-corrected chi connectivity index (χ1v) is 13.6. The Bertz CT molecular complexity index is 1010. The largest absolute Gasteiger partial charge is 0.474 e. The highest BCUT2D eigenvalue weighted by Gasteiger charge is 2.42. The molecule has 2 aromatic rings. The third-order valence-electron chi connectivity index (χ3n) is 7.22. The van der Waals surface area contributed by atoms with Crippen LogP contribution >= 0.6 is 34.8 Å². The summed E-state index contributed by atoms with van der Waals surface area (Å²) >= 11 is 18.5. The quantitative estimate of drug-likeness (QED) is 0.408. The SMILES string of the molecule is CC(C)CN1CCC(C(=O)N2CC(c3ccc(Cl)c(Cl)c3)C(C(C)Oc3ccc(Cl)cn3)C2)CC1. The standard InChI is InChI=1S/C27H34Cl3N3O2/c1-17(2)14-32-10-8-19(9-11-32)27(34)33-15-22(18(3)35-26-7-5-21(28)13-31-26)23(16-33)20-4-6-24(29)25(30)12-20/h4-7,12-13,17-19,22-23H,8-11,14-16H2,1-3H3. The number of hydrogen-bond acceptors (Lipinski definition) is 4. The molecule has 4 rings (SSSR count). The number of likely N-dealkylation sites (tertiary alicyclic amines) is 2. The van der Waals surface area contributed by atoms with Crippen molar-refractivity contribution < 1.29 is 9.53 Å². The summed E-state index contributed by atoms with van der Waals surface area (Å²) in [7, 11) is 0. The Morgan fingerprint density at radius 3 is 2.43 bits per heavy atom. The van der Waals surface area contributed by atoms with Crippen LogP contribution in [0.5, 0.6) is 5.88 Å². The van der Waals surface area contributed by atoms with Crippen LogP contribution in [0, 0.1) is 17.8 Å². The predicted octanol–water partition coefficient (Wildman–Crippen LogP) is 6.42. The maximum absolute atomic E-state index is 13.6. The Kier molecular flexibility index (Phi) is 8.85. The molecule has 2 aliphatic rings. The number of benzene rings is 1. The van der Waals surface area contributed by atoms with Gasteiger partial charge in [0.1, 0.15) is 6.10 Å². The van der Waals surface area contributed by atoms with Crippen LogP contribution < -0.4 is 4.74 Å². The molecule has 35 heavy (non-hydrogen) atoms. The van der Waals surface area contributed by atoms with Crippen molar-refractivity contribution in [3.63, 3.8) is 0 Å². The van der Waals surface area contributed by atoms with Gasteiger partial charge in [0.05, 0.1) is 15.1 Å². The smallest absolute Gasteiger partial charge is 0.225 e. The fraction of sp³-hybridized carbons (Fsp3) is 0.556. The minimum Gasteiger partial charge on any atom is -0.474 e. The lowest BCUT2D eigenvalue weighted by Crippen LogP contribution is -2.43. The third kappa shape index (κ3) is 6.62. The van der Waals surface area contributed by atoms with Gasteiger partial charge in [-0.15, -0.1) is 0 Å². The van der Waals surface area contributed by atoms with E-state index in [1.54, 1.807) is 18.3 Å². The lowest BCUT2D eigenvalue weighted by molar-refractivity contribution is -0.136. The molecule has 0 saturated carbocycles. The van der Waals surface area contributed by atoms with E-state index >= 15 is 0 Å². The molecule has 1 aromatic heterocycles. The zero-order valence-corrected chi connectivity index (χ0v) is 22.9. The average Bonchev–Trinajstić information content (AvgIpc) is 3.28. The van der Waals surface area contributed by atoms with Crippen LogP contribution in [0.4, 0.5) is 0 Å². The van der Waals surface area contributed by atoms with Crippen molar-refractivity contribution in [1.29, 1.82) is 0 Å². The van der Waals surface area contributed by atoms with Crippen LogP contribution in [0.15, 0.2) is 36.5 Å². The minimum atomic E-state index is -0.159. The van der Waals surface area contributed by atoms with Crippen molar-refractivity contribution in [2.75, 3.05) is 32.7 Å². The van der Waals surface area contributed by atoms with Gasteiger partial charge in [0, 0.05) is 49.7 Å². The van der Waals surface area contributed by atoms with Gasteiger partial charge in [0.25, 0.3) is 0 Å². The molecule has 0 radical (unpaired) electrons. The number of nitrogens with zero attached hydrogens (tertiary/aromatic N) is 3. The summed E-state index contributed by atoms with van der Waals surface area (Å²) < 4.78 is 6.21. The van der Waals surface area contributed by atoms with Gasteiger partial charge < -0.3 is 14.5 Å². The summed E-state index contributed by atoms with van der Waals surface area (Å²) in [5.41, 5.74) is 1.07. The van der Waals surface area contributed by atoms with E-state index in [0.29, 0.717) is 40.0 Å². The number of carbonyl (C=O) groups is 1. The maximum Gasteiger partial charge on any atom is 0.225 e. The van der Waals surface area contributed by atoms with Gasteiger partial charge in [0.15, 0.2) is 0 Å². The molecule has 0 spiro atoms. The van der Waals surface area contributed by atoms with Crippen molar-refractivity contribution in [1.82, 2.24) is 14.8 Å². The number of aromatic nitrogens is 1. The molecule has 2 aliphatic heterocycles. The number of ether oxygens (including phenoxy) is 1. The van der Waals surface area contributed by atoms with Crippen molar-refractivity contribution in [3.8, 4) is 5.88 Å². The number of carbonyl (C=O) groups excluding carboxylic acids is 1. The Morgan fingerprint density at radius 2 is 1.80 bits per heavy atom. The number of rotatable bonds is 7.